The lowest BCUT2D eigenvalue weighted by molar-refractivity contribution is 0.292. The molecule has 0 fully saturated rings. The molecule has 0 unspecified atom stereocenters. The largest absolute Gasteiger partial charge is 0.463 e. The normalized spacial score (nSPS) is 10.2. The zero-order valence-corrected chi connectivity index (χ0v) is 12.5. The maximum absolute atomic E-state index is 5.67. The highest BCUT2D eigenvalue weighted by Crippen LogP contribution is 2.20. The lowest BCUT2D eigenvalue weighted by Gasteiger charge is -2.14. The number of ether oxygens (including phenoxy) is 1. The van der Waals surface area contributed by atoms with E-state index in [0.717, 1.165) is 17.8 Å². The molecule has 21 heavy (non-hydrogen) atoms. The van der Waals surface area contributed by atoms with E-state index in [2.05, 4.69) is 20.3 Å². The van der Waals surface area contributed by atoms with Crippen LogP contribution in [0.15, 0.2) is 24.3 Å². The summed E-state index contributed by atoms with van der Waals surface area (Å²) in [5.41, 5.74) is 7.61. The van der Waals surface area contributed by atoms with Gasteiger partial charge in [0.25, 0.3) is 0 Å². The number of hydrogen-bond acceptors (Lipinski definition) is 7. The van der Waals surface area contributed by atoms with Gasteiger partial charge in [-0.3, -0.25) is 0 Å². The molecule has 0 aliphatic heterocycles. The van der Waals surface area contributed by atoms with Gasteiger partial charge in [-0.05, 0) is 24.6 Å². The number of nitrogens with one attached hydrogen (secondary N) is 1. The fourth-order valence-electron chi connectivity index (χ4n) is 1.68. The Labute approximate surface area is 124 Å². The molecule has 7 heteroatoms. The van der Waals surface area contributed by atoms with Crippen LogP contribution in [0.5, 0.6) is 6.01 Å². The molecular weight excluding hydrogens is 268 g/mol. The maximum Gasteiger partial charge on any atom is 0.323 e. The second kappa shape index (κ2) is 6.74. The number of nitrogen functional groups attached to an aromatic ring is 1. The average Bonchev–Trinajstić information content (AvgIpc) is 2.45. The summed E-state index contributed by atoms with van der Waals surface area (Å²) < 4.78 is 5.39. The molecule has 0 radical (unpaired) electrons. The molecule has 0 spiro atoms. The standard InChI is InChI=1S/C14H20N6O/c1-4-8-21-14-18-12(15)17-13(19-14)16-10-6-5-7-11(9-10)20(2)3/h5-7,9H,4,8H2,1-3H3,(H3,15,16,17,18,19). The van der Waals surface area contributed by atoms with E-state index in [1.54, 1.807) is 0 Å². The van der Waals surface area contributed by atoms with E-state index in [1.807, 2.05) is 50.2 Å². The summed E-state index contributed by atoms with van der Waals surface area (Å²) in [7, 11) is 3.97. The first-order valence-corrected chi connectivity index (χ1v) is 6.77. The number of aromatic nitrogens is 3. The van der Waals surface area contributed by atoms with Gasteiger partial charge in [-0.15, -0.1) is 0 Å². The highest BCUT2D eigenvalue weighted by molar-refractivity contribution is 5.61. The minimum atomic E-state index is 0.127. The second-order valence-corrected chi connectivity index (χ2v) is 4.72. The van der Waals surface area contributed by atoms with Crippen LogP contribution in [0.1, 0.15) is 13.3 Å². The van der Waals surface area contributed by atoms with Crippen LogP contribution in [0.4, 0.5) is 23.3 Å². The molecule has 0 saturated heterocycles. The summed E-state index contributed by atoms with van der Waals surface area (Å²) in [6, 6.07) is 8.13. The maximum atomic E-state index is 5.67. The van der Waals surface area contributed by atoms with Crippen LogP contribution < -0.4 is 20.7 Å². The Balaban J connectivity index is 2.18. The molecule has 0 saturated carbocycles. The van der Waals surface area contributed by atoms with Gasteiger partial charge in [0.1, 0.15) is 0 Å². The van der Waals surface area contributed by atoms with Gasteiger partial charge in [0.2, 0.25) is 11.9 Å². The van der Waals surface area contributed by atoms with Crippen LogP contribution in [-0.4, -0.2) is 35.7 Å². The van der Waals surface area contributed by atoms with Crippen molar-refractivity contribution >= 4 is 23.3 Å². The van der Waals surface area contributed by atoms with Gasteiger partial charge < -0.3 is 20.7 Å². The summed E-state index contributed by atoms with van der Waals surface area (Å²) in [5.74, 6) is 0.492. The molecule has 112 valence electrons. The summed E-state index contributed by atoms with van der Waals surface area (Å²) in [6.07, 6.45) is 0.874. The van der Waals surface area contributed by atoms with Gasteiger partial charge in [0.15, 0.2) is 0 Å². The summed E-state index contributed by atoms with van der Waals surface area (Å²) in [4.78, 5) is 14.2. The minimum Gasteiger partial charge on any atom is -0.463 e. The minimum absolute atomic E-state index is 0.127. The number of rotatable bonds is 6. The number of hydrogen-bond donors (Lipinski definition) is 2. The topological polar surface area (TPSA) is 89.2 Å². The Bertz CT molecular complexity index is 602. The van der Waals surface area contributed by atoms with Crippen molar-refractivity contribution in [1.29, 1.82) is 0 Å². The van der Waals surface area contributed by atoms with Gasteiger partial charge in [-0.1, -0.05) is 13.0 Å². The van der Waals surface area contributed by atoms with Crippen LogP contribution in [0.3, 0.4) is 0 Å². The molecule has 0 aliphatic carbocycles. The first kappa shape index (κ1) is 14.8. The van der Waals surface area contributed by atoms with Crippen molar-refractivity contribution in [2.45, 2.75) is 13.3 Å². The number of benzene rings is 1. The van der Waals surface area contributed by atoms with E-state index >= 15 is 0 Å². The van der Waals surface area contributed by atoms with E-state index in [-0.39, 0.29) is 12.0 Å². The zero-order chi connectivity index (χ0) is 15.2. The molecular formula is C14H20N6O. The number of nitrogens with two attached hydrogens (primary N) is 1. The van der Waals surface area contributed by atoms with E-state index in [0.29, 0.717) is 12.6 Å². The van der Waals surface area contributed by atoms with Crippen LogP contribution in [0, 0.1) is 0 Å². The van der Waals surface area contributed by atoms with Gasteiger partial charge in [0, 0.05) is 25.5 Å². The van der Waals surface area contributed by atoms with E-state index in [4.69, 9.17) is 10.5 Å². The summed E-state index contributed by atoms with van der Waals surface area (Å²) in [6.45, 7) is 2.55. The highest BCUT2D eigenvalue weighted by Gasteiger charge is 2.06. The van der Waals surface area contributed by atoms with Crippen molar-refractivity contribution in [3.05, 3.63) is 24.3 Å². The van der Waals surface area contributed by atoms with Crippen LogP contribution in [0.25, 0.3) is 0 Å². The Morgan fingerprint density at radius 1 is 1.24 bits per heavy atom. The zero-order valence-electron chi connectivity index (χ0n) is 12.5. The van der Waals surface area contributed by atoms with Crippen molar-refractivity contribution < 1.29 is 4.74 Å². The fourth-order valence-corrected chi connectivity index (χ4v) is 1.68. The smallest absolute Gasteiger partial charge is 0.323 e. The van der Waals surface area contributed by atoms with Gasteiger partial charge >= 0.3 is 6.01 Å². The van der Waals surface area contributed by atoms with Crippen LogP contribution in [-0.2, 0) is 0 Å². The molecule has 1 aromatic heterocycles. The van der Waals surface area contributed by atoms with Crippen molar-refractivity contribution in [3.8, 4) is 6.01 Å². The Morgan fingerprint density at radius 3 is 2.76 bits per heavy atom. The van der Waals surface area contributed by atoms with E-state index in [1.165, 1.54) is 0 Å². The third kappa shape index (κ3) is 4.20. The predicted octanol–water partition coefficient (Wildman–Crippen LogP) is 2.05. The average molecular weight is 288 g/mol. The number of nitrogens with zero attached hydrogens (tertiary/aromatic N) is 4. The molecule has 2 rings (SSSR count). The quantitative estimate of drug-likeness (QED) is 0.840. The monoisotopic (exact) mass is 288 g/mol. The van der Waals surface area contributed by atoms with Crippen LogP contribution in [0.2, 0.25) is 0 Å². The molecule has 0 bridgehead atoms. The molecule has 1 heterocycles. The molecule has 0 aliphatic rings. The Kier molecular flexibility index (Phi) is 4.76. The van der Waals surface area contributed by atoms with Gasteiger partial charge in [0.05, 0.1) is 6.61 Å². The van der Waals surface area contributed by atoms with E-state index in [9.17, 15) is 0 Å². The third-order valence-corrected chi connectivity index (χ3v) is 2.69. The Morgan fingerprint density at radius 2 is 2.05 bits per heavy atom. The Hall–Kier alpha value is -2.57. The summed E-state index contributed by atoms with van der Waals surface area (Å²) in [5, 5.41) is 3.11. The SMILES string of the molecule is CCCOc1nc(N)nc(Nc2cccc(N(C)C)c2)n1. The predicted molar refractivity (Wildman–Crippen MR) is 84.1 cm³/mol. The van der Waals surface area contributed by atoms with Crippen LogP contribution >= 0.6 is 0 Å². The molecule has 0 atom stereocenters. The van der Waals surface area contributed by atoms with Gasteiger partial charge in [-0.25, -0.2) is 0 Å². The van der Waals surface area contributed by atoms with Gasteiger partial charge in [-0.2, -0.15) is 15.0 Å². The number of anilines is 4. The van der Waals surface area contributed by atoms with Crippen molar-refractivity contribution in [3.63, 3.8) is 0 Å². The van der Waals surface area contributed by atoms with Crippen molar-refractivity contribution in [1.82, 2.24) is 15.0 Å². The lowest BCUT2D eigenvalue weighted by atomic mass is 10.2. The second-order valence-electron chi connectivity index (χ2n) is 4.72. The molecule has 7 nitrogen and oxygen atoms in total. The lowest BCUT2D eigenvalue weighted by Crippen LogP contribution is -2.09. The van der Waals surface area contributed by atoms with E-state index < -0.39 is 0 Å². The third-order valence-electron chi connectivity index (χ3n) is 2.69. The molecule has 1 aromatic carbocycles. The molecule has 3 N–H and O–H groups in total. The highest BCUT2D eigenvalue weighted by atomic mass is 16.5. The fraction of sp³-hybridized carbons (Fsp3) is 0.357. The van der Waals surface area contributed by atoms with Crippen molar-refractivity contribution in [2.75, 3.05) is 36.7 Å². The van der Waals surface area contributed by atoms with Crippen molar-refractivity contribution in [2.24, 2.45) is 0 Å². The first-order chi connectivity index (χ1) is 10.1. The summed E-state index contributed by atoms with van der Waals surface area (Å²) >= 11 is 0. The molecule has 0 amide bonds. The molecule has 2 aromatic rings. The first-order valence-electron chi connectivity index (χ1n) is 6.77.